The van der Waals surface area contributed by atoms with Gasteiger partial charge in [0.2, 0.25) is 0 Å². The summed E-state index contributed by atoms with van der Waals surface area (Å²) in [6.45, 7) is 8.25. The zero-order valence-electron chi connectivity index (χ0n) is 20.1. The lowest BCUT2D eigenvalue weighted by Gasteiger charge is -2.15. The van der Waals surface area contributed by atoms with E-state index in [1.165, 1.54) is 4.90 Å². The molecule has 34 heavy (non-hydrogen) atoms. The molecule has 4 rings (SSSR count). The Labute approximate surface area is 201 Å². The highest BCUT2D eigenvalue weighted by atomic mass is 16.5. The van der Waals surface area contributed by atoms with Crippen molar-refractivity contribution in [2.24, 2.45) is 0 Å². The Morgan fingerprint density at radius 1 is 0.882 bits per heavy atom. The van der Waals surface area contributed by atoms with Crippen LogP contribution in [0.25, 0.3) is 5.57 Å². The Bertz CT molecular complexity index is 1230. The van der Waals surface area contributed by atoms with E-state index in [9.17, 15) is 9.59 Å². The minimum absolute atomic E-state index is 0.0739. The van der Waals surface area contributed by atoms with Crippen LogP contribution in [0.3, 0.4) is 0 Å². The standard InChI is InChI=1S/C29H30N2O3/c1-19(2)34-24-13-11-23(12-14-24)30-27-26(25-15-10-20(3)18-21(25)4)28(32)31(29(27)33)17-16-22-8-6-5-7-9-22/h5-15,18-19,30H,16-17H2,1-4H3. The van der Waals surface area contributed by atoms with E-state index in [0.29, 0.717) is 24.2 Å². The van der Waals surface area contributed by atoms with E-state index in [1.807, 2.05) is 100 Å². The molecular formula is C29H30N2O3. The van der Waals surface area contributed by atoms with Crippen molar-refractivity contribution in [3.8, 4) is 5.75 Å². The molecule has 0 radical (unpaired) electrons. The van der Waals surface area contributed by atoms with Crippen LogP contribution < -0.4 is 10.1 Å². The summed E-state index contributed by atoms with van der Waals surface area (Å²) < 4.78 is 5.72. The van der Waals surface area contributed by atoms with E-state index in [0.717, 1.165) is 33.7 Å². The first kappa shape index (κ1) is 23.3. The molecule has 1 N–H and O–H groups in total. The largest absolute Gasteiger partial charge is 0.491 e. The molecule has 0 saturated heterocycles. The second-order valence-corrected chi connectivity index (χ2v) is 8.88. The van der Waals surface area contributed by atoms with Gasteiger partial charge in [0.1, 0.15) is 11.4 Å². The van der Waals surface area contributed by atoms with Gasteiger partial charge in [0.05, 0.1) is 11.7 Å². The van der Waals surface area contributed by atoms with Gasteiger partial charge in [-0.15, -0.1) is 0 Å². The zero-order chi connectivity index (χ0) is 24.2. The number of aryl methyl sites for hydroxylation is 2. The predicted octanol–water partition coefficient (Wildman–Crippen LogP) is 5.53. The molecule has 0 saturated carbocycles. The van der Waals surface area contributed by atoms with Crippen molar-refractivity contribution in [3.63, 3.8) is 0 Å². The summed E-state index contributed by atoms with van der Waals surface area (Å²) in [7, 11) is 0. The summed E-state index contributed by atoms with van der Waals surface area (Å²) in [5.41, 5.74) is 5.36. The Morgan fingerprint density at radius 2 is 1.59 bits per heavy atom. The summed E-state index contributed by atoms with van der Waals surface area (Å²) in [5, 5.41) is 3.23. The zero-order valence-corrected chi connectivity index (χ0v) is 20.1. The van der Waals surface area contributed by atoms with Gasteiger partial charge in [-0.25, -0.2) is 0 Å². The van der Waals surface area contributed by atoms with Crippen LogP contribution in [-0.4, -0.2) is 29.4 Å². The lowest BCUT2D eigenvalue weighted by Crippen LogP contribution is -2.34. The molecule has 0 spiro atoms. The van der Waals surface area contributed by atoms with Crippen LogP contribution in [0.2, 0.25) is 0 Å². The number of carbonyl (C=O) groups excluding carboxylic acids is 2. The monoisotopic (exact) mass is 454 g/mol. The van der Waals surface area contributed by atoms with Crippen molar-refractivity contribution in [1.82, 2.24) is 4.90 Å². The number of imide groups is 1. The number of hydrogen-bond acceptors (Lipinski definition) is 4. The Balaban J connectivity index is 1.66. The number of nitrogens with zero attached hydrogens (tertiary/aromatic N) is 1. The third-order valence-corrected chi connectivity index (χ3v) is 5.78. The highest BCUT2D eigenvalue weighted by molar-refractivity contribution is 6.36. The van der Waals surface area contributed by atoms with E-state index >= 15 is 0 Å². The molecule has 0 atom stereocenters. The van der Waals surface area contributed by atoms with Gasteiger partial charge >= 0.3 is 0 Å². The smallest absolute Gasteiger partial charge is 0.278 e. The first-order valence-electron chi connectivity index (χ1n) is 11.6. The normalized spacial score (nSPS) is 13.7. The minimum atomic E-state index is -0.307. The summed E-state index contributed by atoms with van der Waals surface area (Å²) in [5.74, 6) is 0.177. The molecule has 1 aliphatic heterocycles. The first-order chi connectivity index (χ1) is 16.3. The molecule has 174 valence electrons. The number of hydrogen-bond donors (Lipinski definition) is 1. The molecule has 2 amide bonds. The SMILES string of the molecule is Cc1ccc(C2=C(Nc3ccc(OC(C)C)cc3)C(=O)N(CCc3ccccc3)C2=O)c(C)c1. The minimum Gasteiger partial charge on any atom is -0.491 e. The molecule has 1 heterocycles. The van der Waals surface area contributed by atoms with Crippen LogP contribution in [0.1, 0.15) is 36.1 Å². The number of anilines is 1. The fourth-order valence-corrected chi connectivity index (χ4v) is 4.16. The van der Waals surface area contributed by atoms with Gasteiger partial charge in [-0.2, -0.15) is 0 Å². The lowest BCUT2D eigenvalue weighted by molar-refractivity contribution is -0.136. The Morgan fingerprint density at radius 3 is 2.24 bits per heavy atom. The van der Waals surface area contributed by atoms with E-state index in [4.69, 9.17) is 4.74 Å². The molecule has 5 heteroatoms. The first-order valence-corrected chi connectivity index (χ1v) is 11.6. The molecule has 0 bridgehead atoms. The molecule has 1 aliphatic rings. The highest BCUT2D eigenvalue weighted by Gasteiger charge is 2.39. The van der Waals surface area contributed by atoms with Crippen LogP contribution in [0.5, 0.6) is 5.75 Å². The van der Waals surface area contributed by atoms with Crippen LogP contribution in [0.15, 0.2) is 78.5 Å². The fraction of sp³-hybridized carbons (Fsp3) is 0.241. The molecule has 5 nitrogen and oxygen atoms in total. The number of carbonyl (C=O) groups is 2. The molecule has 0 unspecified atom stereocenters. The van der Waals surface area contributed by atoms with Gasteiger partial charge in [-0.1, -0.05) is 54.1 Å². The third kappa shape index (κ3) is 5.04. The Kier molecular flexibility index (Phi) is 6.82. The third-order valence-electron chi connectivity index (χ3n) is 5.78. The Hall–Kier alpha value is -3.86. The quantitative estimate of drug-likeness (QED) is 0.455. The van der Waals surface area contributed by atoms with Gasteiger partial charge < -0.3 is 10.1 Å². The van der Waals surface area contributed by atoms with Crippen molar-refractivity contribution in [2.45, 2.75) is 40.2 Å². The van der Waals surface area contributed by atoms with E-state index in [1.54, 1.807) is 0 Å². The second-order valence-electron chi connectivity index (χ2n) is 8.88. The van der Waals surface area contributed by atoms with Gasteiger partial charge in [0.15, 0.2) is 0 Å². The van der Waals surface area contributed by atoms with Gasteiger partial charge in [-0.3, -0.25) is 14.5 Å². The van der Waals surface area contributed by atoms with Crippen molar-refractivity contribution in [2.75, 3.05) is 11.9 Å². The van der Waals surface area contributed by atoms with Gasteiger partial charge in [0.25, 0.3) is 11.8 Å². The maximum absolute atomic E-state index is 13.5. The maximum Gasteiger partial charge on any atom is 0.278 e. The average molecular weight is 455 g/mol. The maximum atomic E-state index is 13.5. The lowest BCUT2D eigenvalue weighted by atomic mass is 9.97. The van der Waals surface area contributed by atoms with Gasteiger partial charge in [-0.05, 0) is 75.1 Å². The molecule has 3 aromatic carbocycles. The van der Waals surface area contributed by atoms with Crippen LogP contribution >= 0.6 is 0 Å². The van der Waals surface area contributed by atoms with Crippen molar-refractivity contribution in [3.05, 3.63) is 101 Å². The number of nitrogens with one attached hydrogen (secondary N) is 1. The number of amides is 2. The molecule has 0 fully saturated rings. The van der Waals surface area contributed by atoms with Gasteiger partial charge in [0, 0.05) is 12.2 Å². The number of rotatable bonds is 8. The van der Waals surface area contributed by atoms with Crippen LogP contribution in [0, 0.1) is 13.8 Å². The molecule has 3 aromatic rings. The summed E-state index contributed by atoms with van der Waals surface area (Å²) >= 11 is 0. The topological polar surface area (TPSA) is 58.6 Å². The van der Waals surface area contributed by atoms with E-state index in [2.05, 4.69) is 5.32 Å². The van der Waals surface area contributed by atoms with Crippen molar-refractivity contribution >= 4 is 23.1 Å². The second kappa shape index (κ2) is 9.96. The summed E-state index contributed by atoms with van der Waals surface area (Å²) in [6.07, 6.45) is 0.678. The van der Waals surface area contributed by atoms with E-state index in [-0.39, 0.29) is 17.9 Å². The molecule has 0 aliphatic carbocycles. The summed E-state index contributed by atoms with van der Waals surface area (Å²) in [6, 6.07) is 23.2. The van der Waals surface area contributed by atoms with Crippen molar-refractivity contribution < 1.29 is 14.3 Å². The number of benzene rings is 3. The molecular weight excluding hydrogens is 424 g/mol. The van der Waals surface area contributed by atoms with E-state index < -0.39 is 0 Å². The molecule has 0 aromatic heterocycles. The van der Waals surface area contributed by atoms with Crippen molar-refractivity contribution in [1.29, 1.82) is 0 Å². The summed E-state index contributed by atoms with van der Waals surface area (Å²) in [4.78, 5) is 28.4. The number of ether oxygens (including phenoxy) is 1. The van der Waals surface area contributed by atoms with Crippen LogP contribution in [-0.2, 0) is 16.0 Å². The average Bonchev–Trinajstić information content (AvgIpc) is 3.03. The van der Waals surface area contributed by atoms with Crippen LogP contribution in [0.4, 0.5) is 5.69 Å². The fourth-order valence-electron chi connectivity index (χ4n) is 4.16. The predicted molar refractivity (Wildman–Crippen MR) is 136 cm³/mol. The highest BCUT2D eigenvalue weighted by Crippen LogP contribution is 2.33.